The molecule has 0 aliphatic heterocycles. The van der Waals surface area contributed by atoms with Crippen molar-refractivity contribution in [3.8, 4) is 0 Å². The molecule has 0 aromatic heterocycles. The van der Waals surface area contributed by atoms with Crippen LogP contribution in [0.3, 0.4) is 0 Å². The summed E-state index contributed by atoms with van der Waals surface area (Å²) in [7, 11) is 0. The molecular weight excluding hydrogens is 209 g/mol. The first-order valence-electron chi connectivity index (χ1n) is 4.07. The lowest BCUT2D eigenvalue weighted by Crippen LogP contribution is -2.43. The molecule has 0 N–H and O–H groups in total. The van der Waals surface area contributed by atoms with Gasteiger partial charge in [0.15, 0.2) is 0 Å². The average molecular weight is 221 g/mol. The van der Waals surface area contributed by atoms with Crippen LogP contribution in [0.15, 0.2) is 0 Å². The topological polar surface area (TPSA) is 12.5 Å². The summed E-state index contributed by atoms with van der Waals surface area (Å²) in [6, 6.07) is 0. The van der Waals surface area contributed by atoms with E-state index in [1.54, 1.807) is 13.8 Å². The predicted molar refractivity (Wildman–Crippen MR) is 39.9 cm³/mol. The minimum absolute atomic E-state index is 0.254. The Morgan fingerprint density at radius 3 is 1.71 bits per heavy atom. The van der Waals surface area contributed by atoms with Crippen LogP contribution >= 0.6 is 0 Å². The minimum Gasteiger partial charge on any atom is -0.292 e. The first kappa shape index (κ1) is 13.6. The van der Waals surface area contributed by atoms with E-state index in [-0.39, 0.29) is 13.1 Å². The molecule has 0 aliphatic rings. The molecule has 0 fully saturated rings. The second-order valence-corrected chi connectivity index (χ2v) is 2.59. The first-order valence-corrected chi connectivity index (χ1v) is 4.07. The van der Waals surface area contributed by atoms with Crippen LogP contribution in [0.1, 0.15) is 13.8 Å². The molecule has 0 amide bonds. The molecule has 0 aromatic rings. The summed E-state index contributed by atoms with van der Waals surface area (Å²) in [5.41, 5.74) is 0. The highest BCUT2D eigenvalue weighted by molar-refractivity contribution is 4.74. The van der Waals surface area contributed by atoms with E-state index in [0.717, 1.165) is 5.06 Å². The molecular formula is C7H12F5NO. The maximum Gasteiger partial charge on any atom is 0.455 e. The molecule has 0 rings (SSSR count). The third-order valence-electron chi connectivity index (χ3n) is 1.55. The summed E-state index contributed by atoms with van der Waals surface area (Å²) in [4.78, 5) is 4.30. The molecule has 0 saturated heterocycles. The molecule has 86 valence electrons. The molecule has 0 aromatic carbocycles. The van der Waals surface area contributed by atoms with Crippen molar-refractivity contribution in [1.29, 1.82) is 0 Å². The Kier molecular flexibility index (Phi) is 4.73. The van der Waals surface area contributed by atoms with Gasteiger partial charge in [0.25, 0.3) is 0 Å². The van der Waals surface area contributed by atoms with Crippen molar-refractivity contribution < 1.29 is 26.8 Å². The van der Waals surface area contributed by atoms with E-state index in [9.17, 15) is 22.0 Å². The quantitative estimate of drug-likeness (QED) is 0.522. The Labute approximate surface area is 78.6 Å². The number of hydrogen-bond acceptors (Lipinski definition) is 2. The smallest absolute Gasteiger partial charge is 0.292 e. The summed E-state index contributed by atoms with van der Waals surface area (Å²) >= 11 is 0. The molecule has 0 unspecified atom stereocenters. The Bertz CT molecular complexity index is 166. The molecule has 14 heavy (non-hydrogen) atoms. The van der Waals surface area contributed by atoms with Crippen molar-refractivity contribution >= 4 is 0 Å². The van der Waals surface area contributed by atoms with Gasteiger partial charge in [-0.25, -0.2) is 0 Å². The van der Waals surface area contributed by atoms with Crippen LogP contribution in [0.4, 0.5) is 22.0 Å². The van der Waals surface area contributed by atoms with Gasteiger partial charge in [0.05, 0.1) is 0 Å². The largest absolute Gasteiger partial charge is 0.455 e. The third kappa shape index (κ3) is 3.75. The third-order valence-corrected chi connectivity index (χ3v) is 1.55. The molecule has 0 heterocycles. The van der Waals surface area contributed by atoms with Crippen LogP contribution in [0.5, 0.6) is 0 Å². The molecule has 0 spiro atoms. The zero-order valence-electron chi connectivity index (χ0n) is 7.87. The van der Waals surface area contributed by atoms with Crippen LogP contribution in [0, 0.1) is 0 Å². The van der Waals surface area contributed by atoms with Gasteiger partial charge in [-0.2, -0.15) is 27.0 Å². The second-order valence-electron chi connectivity index (χ2n) is 2.59. The van der Waals surface area contributed by atoms with Gasteiger partial charge in [-0.3, -0.25) is 4.84 Å². The summed E-state index contributed by atoms with van der Waals surface area (Å²) in [5.74, 6) is -4.80. The zero-order chi connectivity index (χ0) is 11.4. The van der Waals surface area contributed by atoms with E-state index in [0.29, 0.717) is 0 Å². The van der Waals surface area contributed by atoms with E-state index in [4.69, 9.17) is 0 Å². The molecule has 0 radical (unpaired) electrons. The van der Waals surface area contributed by atoms with Crippen LogP contribution in [0.2, 0.25) is 0 Å². The van der Waals surface area contributed by atoms with E-state index < -0.39 is 18.7 Å². The SMILES string of the molecule is CCN(CC)OCC(F)(F)C(F)(F)F. The van der Waals surface area contributed by atoms with E-state index in [1.807, 2.05) is 0 Å². The summed E-state index contributed by atoms with van der Waals surface area (Å²) < 4.78 is 59.5. The molecule has 2 nitrogen and oxygen atoms in total. The number of halogens is 5. The van der Waals surface area contributed by atoms with E-state index >= 15 is 0 Å². The second kappa shape index (κ2) is 4.88. The lowest BCUT2D eigenvalue weighted by atomic mass is 10.3. The van der Waals surface area contributed by atoms with E-state index in [2.05, 4.69) is 4.84 Å². The van der Waals surface area contributed by atoms with E-state index in [1.165, 1.54) is 0 Å². The highest BCUT2D eigenvalue weighted by Gasteiger charge is 2.58. The molecule has 0 saturated carbocycles. The molecule has 0 bridgehead atoms. The van der Waals surface area contributed by atoms with Gasteiger partial charge in [0.1, 0.15) is 6.61 Å². The van der Waals surface area contributed by atoms with Crippen molar-refractivity contribution in [2.75, 3.05) is 19.7 Å². The Morgan fingerprint density at radius 1 is 1.00 bits per heavy atom. The van der Waals surface area contributed by atoms with Gasteiger partial charge in [-0.05, 0) is 0 Å². The van der Waals surface area contributed by atoms with Gasteiger partial charge in [0.2, 0.25) is 0 Å². The Hall–Kier alpha value is -0.430. The lowest BCUT2D eigenvalue weighted by molar-refractivity contribution is -0.320. The monoisotopic (exact) mass is 221 g/mol. The fourth-order valence-electron chi connectivity index (χ4n) is 0.660. The minimum atomic E-state index is -5.56. The normalized spacial score (nSPS) is 13.7. The van der Waals surface area contributed by atoms with Crippen molar-refractivity contribution in [2.45, 2.75) is 25.9 Å². The summed E-state index contributed by atoms with van der Waals surface area (Å²) in [5, 5.41) is 1.03. The standard InChI is InChI=1S/C7H12F5NO/c1-3-13(4-2)14-5-6(8,9)7(10,11)12/h3-5H2,1-2H3. The van der Waals surface area contributed by atoms with Gasteiger partial charge < -0.3 is 0 Å². The molecule has 7 heteroatoms. The summed E-state index contributed by atoms with van der Waals surface area (Å²) in [6.07, 6.45) is -5.56. The number of rotatable bonds is 5. The number of hydroxylamine groups is 2. The maximum absolute atomic E-state index is 12.3. The van der Waals surface area contributed by atoms with Gasteiger partial charge in [0, 0.05) is 13.1 Å². The van der Waals surface area contributed by atoms with Crippen molar-refractivity contribution in [2.24, 2.45) is 0 Å². The average Bonchev–Trinajstić information content (AvgIpc) is 2.04. The Morgan fingerprint density at radius 2 is 1.43 bits per heavy atom. The first-order chi connectivity index (χ1) is 6.24. The maximum atomic E-state index is 12.3. The van der Waals surface area contributed by atoms with Crippen molar-refractivity contribution in [3.63, 3.8) is 0 Å². The highest BCUT2D eigenvalue weighted by Crippen LogP contribution is 2.35. The van der Waals surface area contributed by atoms with Crippen LogP contribution in [-0.4, -0.2) is 36.9 Å². The van der Waals surface area contributed by atoms with Crippen molar-refractivity contribution in [1.82, 2.24) is 5.06 Å². The fourth-order valence-corrected chi connectivity index (χ4v) is 0.660. The molecule has 0 atom stereocenters. The fraction of sp³-hybridized carbons (Fsp3) is 1.00. The van der Waals surface area contributed by atoms with Gasteiger partial charge >= 0.3 is 12.1 Å². The van der Waals surface area contributed by atoms with Gasteiger partial charge in [-0.15, -0.1) is 0 Å². The predicted octanol–water partition coefficient (Wildman–Crippen LogP) is 2.46. The summed E-state index contributed by atoms with van der Waals surface area (Å²) in [6.45, 7) is 2.03. The zero-order valence-corrected chi connectivity index (χ0v) is 7.87. The highest BCUT2D eigenvalue weighted by atomic mass is 19.4. The van der Waals surface area contributed by atoms with Gasteiger partial charge in [-0.1, -0.05) is 13.8 Å². The molecule has 0 aliphatic carbocycles. The number of alkyl halides is 5. The van der Waals surface area contributed by atoms with Crippen LogP contribution in [0.25, 0.3) is 0 Å². The van der Waals surface area contributed by atoms with Crippen molar-refractivity contribution in [3.05, 3.63) is 0 Å². The number of hydrogen-bond donors (Lipinski definition) is 0. The number of nitrogens with zero attached hydrogens (tertiary/aromatic N) is 1. The van der Waals surface area contributed by atoms with Crippen LogP contribution < -0.4 is 0 Å². The lowest BCUT2D eigenvalue weighted by Gasteiger charge is -2.23. The van der Waals surface area contributed by atoms with Crippen LogP contribution in [-0.2, 0) is 4.84 Å². The Balaban J connectivity index is 4.11.